The lowest BCUT2D eigenvalue weighted by atomic mass is 10.1. The Morgan fingerprint density at radius 3 is 2.45 bits per heavy atom. The van der Waals surface area contributed by atoms with Crippen LogP contribution in [0.15, 0.2) is 12.1 Å². The molecular formula is C13H12F2N2O3. The Morgan fingerprint density at radius 2 is 1.95 bits per heavy atom. The van der Waals surface area contributed by atoms with Crippen molar-refractivity contribution in [2.24, 2.45) is 0 Å². The zero-order valence-electron chi connectivity index (χ0n) is 10.7. The number of benzene rings is 1. The molecule has 1 heterocycles. The van der Waals surface area contributed by atoms with Gasteiger partial charge in [-0.3, -0.25) is 19.7 Å². The van der Waals surface area contributed by atoms with Crippen molar-refractivity contribution in [1.82, 2.24) is 5.32 Å². The highest BCUT2D eigenvalue weighted by Crippen LogP contribution is 2.28. The molecule has 1 fully saturated rings. The third-order valence-corrected chi connectivity index (χ3v) is 3.10. The van der Waals surface area contributed by atoms with Crippen molar-refractivity contribution in [2.75, 3.05) is 11.4 Å². The highest BCUT2D eigenvalue weighted by atomic mass is 19.1. The molecule has 0 aromatic heterocycles. The molecule has 1 aromatic carbocycles. The van der Waals surface area contributed by atoms with Gasteiger partial charge in [-0.05, 0) is 18.6 Å². The van der Waals surface area contributed by atoms with Crippen LogP contribution in [0.4, 0.5) is 14.5 Å². The summed E-state index contributed by atoms with van der Waals surface area (Å²) in [7, 11) is 0. The highest BCUT2D eigenvalue weighted by Gasteiger charge is 2.35. The number of hydrogen-bond acceptors (Lipinski definition) is 4. The topological polar surface area (TPSA) is 66.5 Å². The summed E-state index contributed by atoms with van der Waals surface area (Å²) in [6, 6.07) is 0.906. The van der Waals surface area contributed by atoms with Crippen molar-refractivity contribution in [3.05, 3.63) is 29.3 Å². The first kappa shape index (κ1) is 14.1. The van der Waals surface area contributed by atoms with Gasteiger partial charge in [0.1, 0.15) is 29.6 Å². The van der Waals surface area contributed by atoms with Gasteiger partial charge in [-0.1, -0.05) is 6.92 Å². The van der Waals surface area contributed by atoms with Gasteiger partial charge in [-0.15, -0.1) is 0 Å². The lowest BCUT2D eigenvalue weighted by Gasteiger charge is -2.35. The SMILES string of the molecule is CCC1C(=O)NC(=O)CN1c1c(F)cc(C=O)cc1F. The van der Waals surface area contributed by atoms with Crippen LogP contribution in [-0.2, 0) is 9.59 Å². The number of anilines is 1. The van der Waals surface area contributed by atoms with E-state index in [1.165, 1.54) is 0 Å². The van der Waals surface area contributed by atoms with Gasteiger partial charge < -0.3 is 4.90 Å². The summed E-state index contributed by atoms with van der Waals surface area (Å²) >= 11 is 0. The largest absolute Gasteiger partial charge is 0.345 e. The van der Waals surface area contributed by atoms with Gasteiger partial charge in [0.25, 0.3) is 0 Å². The van der Waals surface area contributed by atoms with Crippen LogP contribution < -0.4 is 10.2 Å². The maximum absolute atomic E-state index is 14.0. The number of piperazine rings is 1. The highest BCUT2D eigenvalue weighted by molar-refractivity contribution is 6.04. The summed E-state index contributed by atoms with van der Waals surface area (Å²) in [5.41, 5.74) is -0.616. The molecule has 2 rings (SSSR count). The molecule has 0 bridgehead atoms. The normalized spacial score (nSPS) is 18.9. The first-order chi connectivity index (χ1) is 9.47. The van der Waals surface area contributed by atoms with Gasteiger partial charge in [0.2, 0.25) is 11.8 Å². The molecule has 0 spiro atoms. The number of halogens is 2. The Hall–Kier alpha value is -2.31. The average Bonchev–Trinajstić information content (AvgIpc) is 2.37. The van der Waals surface area contributed by atoms with E-state index < -0.39 is 35.2 Å². The number of aldehydes is 1. The number of carbonyl (C=O) groups excluding carboxylic acids is 3. The second-order valence-electron chi connectivity index (χ2n) is 4.42. The maximum atomic E-state index is 14.0. The molecular weight excluding hydrogens is 270 g/mol. The Labute approximate surface area is 113 Å². The van der Waals surface area contributed by atoms with Crippen LogP contribution >= 0.6 is 0 Å². The van der Waals surface area contributed by atoms with Gasteiger partial charge in [-0.2, -0.15) is 0 Å². The van der Waals surface area contributed by atoms with Crippen LogP contribution in [-0.4, -0.2) is 30.7 Å². The third-order valence-electron chi connectivity index (χ3n) is 3.10. The van der Waals surface area contributed by atoms with E-state index in [0.717, 1.165) is 17.0 Å². The van der Waals surface area contributed by atoms with E-state index in [4.69, 9.17) is 0 Å². The number of carbonyl (C=O) groups is 3. The number of rotatable bonds is 3. The van der Waals surface area contributed by atoms with Crippen molar-refractivity contribution in [2.45, 2.75) is 19.4 Å². The molecule has 7 heteroatoms. The summed E-state index contributed by atoms with van der Waals surface area (Å²) in [6.45, 7) is 1.35. The van der Waals surface area contributed by atoms with Crippen molar-refractivity contribution in [3.63, 3.8) is 0 Å². The molecule has 1 unspecified atom stereocenters. The molecule has 106 valence electrons. The summed E-state index contributed by atoms with van der Waals surface area (Å²) < 4.78 is 27.9. The quantitative estimate of drug-likeness (QED) is 0.664. The minimum absolute atomic E-state index is 0.149. The molecule has 2 amide bonds. The van der Waals surface area contributed by atoms with Crippen molar-refractivity contribution in [1.29, 1.82) is 0 Å². The van der Waals surface area contributed by atoms with Crippen molar-refractivity contribution in [3.8, 4) is 0 Å². The average molecular weight is 282 g/mol. The predicted octanol–water partition coefficient (Wildman–Crippen LogP) is 1.02. The predicted molar refractivity (Wildman–Crippen MR) is 66.3 cm³/mol. The molecule has 0 saturated carbocycles. The molecule has 20 heavy (non-hydrogen) atoms. The molecule has 1 atom stereocenters. The number of nitrogens with one attached hydrogen (secondary N) is 1. The van der Waals surface area contributed by atoms with E-state index in [2.05, 4.69) is 5.32 Å². The van der Waals surface area contributed by atoms with Gasteiger partial charge >= 0.3 is 0 Å². The molecule has 1 aliphatic rings. The summed E-state index contributed by atoms with van der Waals surface area (Å²) in [4.78, 5) is 34.7. The molecule has 5 nitrogen and oxygen atoms in total. The van der Waals surface area contributed by atoms with Crippen LogP contribution in [0.1, 0.15) is 23.7 Å². The van der Waals surface area contributed by atoms with Gasteiger partial charge in [0.15, 0.2) is 0 Å². The van der Waals surface area contributed by atoms with Gasteiger partial charge in [-0.25, -0.2) is 8.78 Å². The molecule has 1 aliphatic heterocycles. The fourth-order valence-electron chi connectivity index (χ4n) is 2.23. The number of hydrogen-bond donors (Lipinski definition) is 1. The lowest BCUT2D eigenvalue weighted by molar-refractivity contribution is -0.132. The third kappa shape index (κ3) is 2.38. The van der Waals surface area contributed by atoms with E-state index in [9.17, 15) is 23.2 Å². The second-order valence-corrected chi connectivity index (χ2v) is 4.42. The molecule has 0 aliphatic carbocycles. The fraction of sp³-hybridized carbons (Fsp3) is 0.308. The Morgan fingerprint density at radius 1 is 1.35 bits per heavy atom. The minimum Gasteiger partial charge on any atom is -0.345 e. The second kappa shape index (κ2) is 5.36. The Bertz CT molecular complexity index is 566. The molecule has 1 saturated heterocycles. The van der Waals surface area contributed by atoms with Crippen LogP contribution in [0.3, 0.4) is 0 Å². The first-order valence-electron chi connectivity index (χ1n) is 6.02. The number of amides is 2. The van der Waals surface area contributed by atoms with Crippen molar-refractivity contribution < 1.29 is 23.2 Å². The summed E-state index contributed by atoms with van der Waals surface area (Å²) in [5, 5.41) is 2.12. The van der Waals surface area contributed by atoms with Crippen molar-refractivity contribution >= 4 is 23.8 Å². The molecule has 1 aromatic rings. The van der Waals surface area contributed by atoms with Gasteiger partial charge in [0.05, 0.1) is 6.54 Å². The van der Waals surface area contributed by atoms with E-state index in [-0.39, 0.29) is 18.5 Å². The monoisotopic (exact) mass is 282 g/mol. The zero-order valence-corrected chi connectivity index (χ0v) is 10.7. The van der Waals surface area contributed by atoms with E-state index >= 15 is 0 Å². The Kier molecular flexibility index (Phi) is 3.78. The lowest BCUT2D eigenvalue weighted by Crippen LogP contribution is -2.58. The summed E-state index contributed by atoms with van der Waals surface area (Å²) in [5.74, 6) is -3.18. The summed E-state index contributed by atoms with van der Waals surface area (Å²) in [6.07, 6.45) is 0.606. The van der Waals surface area contributed by atoms with Crippen LogP contribution in [0.5, 0.6) is 0 Å². The van der Waals surface area contributed by atoms with Gasteiger partial charge in [0, 0.05) is 5.56 Å². The van der Waals surface area contributed by atoms with E-state index in [1.807, 2.05) is 0 Å². The van der Waals surface area contributed by atoms with Crippen LogP contribution in [0.25, 0.3) is 0 Å². The molecule has 1 N–H and O–H groups in total. The van der Waals surface area contributed by atoms with Crippen LogP contribution in [0, 0.1) is 11.6 Å². The zero-order chi connectivity index (χ0) is 14.9. The fourth-order valence-corrected chi connectivity index (χ4v) is 2.23. The van der Waals surface area contributed by atoms with Crippen LogP contribution in [0.2, 0.25) is 0 Å². The van der Waals surface area contributed by atoms with E-state index in [1.54, 1.807) is 6.92 Å². The minimum atomic E-state index is -0.979. The Balaban J connectivity index is 2.50. The standard InChI is InChI=1S/C13H12F2N2O3/c1-2-10-13(20)16-11(19)5-17(10)12-8(14)3-7(6-18)4-9(12)15/h3-4,6,10H,2,5H2,1H3,(H,16,19,20). The number of nitrogens with zero attached hydrogens (tertiary/aromatic N) is 1. The maximum Gasteiger partial charge on any atom is 0.249 e. The smallest absolute Gasteiger partial charge is 0.249 e. The number of imide groups is 1. The van der Waals surface area contributed by atoms with E-state index in [0.29, 0.717) is 6.29 Å². The molecule has 0 radical (unpaired) electrons. The first-order valence-corrected chi connectivity index (χ1v) is 6.02.